The Morgan fingerprint density at radius 2 is 2.38 bits per heavy atom. The lowest BCUT2D eigenvalue weighted by molar-refractivity contribution is 0.764. The molecule has 3 N–H and O–H groups in total. The number of nitrogens with two attached hydrogens (primary N) is 1. The summed E-state index contributed by atoms with van der Waals surface area (Å²) in [6.45, 7) is 2.16. The van der Waals surface area contributed by atoms with Crippen molar-refractivity contribution in [3.05, 3.63) is 40.8 Å². The number of nitrogen functional groups attached to an aromatic ring is 1. The molecular formula is C12H15N3S. The fraction of sp³-hybridized carbons (Fsp3) is 0.250. The highest BCUT2D eigenvalue weighted by Crippen LogP contribution is 2.28. The first-order valence-corrected chi connectivity index (χ1v) is 6.18. The number of hydrogen-bond donors (Lipinski definition) is 2. The van der Waals surface area contributed by atoms with Crippen LogP contribution < -0.4 is 11.1 Å². The molecule has 1 atom stereocenters. The largest absolute Gasteiger partial charge is 0.396 e. The van der Waals surface area contributed by atoms with Crippen LogP contribution in [0.4, 0.5) is 11.4 Å². The van der Waals surface area contributed by atoms with Gasteiger partial charge in [-0.2, -0.15) is 0 Å². The molecular weight excluding hydrogens is 218 g/mol. The highest BCUT2D eigenvalue weighted by Gasteiger charge is 2.10. The van der Waals surface area contributed by atoms with Crippen LogP contribution >= 0.6 is 11.3 Å². The van der Waals surface area contributed by atoms with Crippen LogP contribution in [0.2, 0.25) is 0 Å². The van der Waals surface area contributed by atoms with E-state index in [0.29, 0.717) is 11.7 Å². The summed E-state index contributed by atoms with van der Waals surface area (Å²) in [6, 6.07) is 6.44. The predicted octanol–water partition coefficient (Wildman–Crippen LogP) is 3.29. The van der Waals surface area contributed by atoms with Crippen molar-refractivity contribution in [1.29, 1.82) is 0 Å². The average molecular weight is 233 g/mol. The topological polar surface area (TPSA) is 50.9 Å². The monoisotopic (exact) mass is 233 g/mol. The predicted molar refractivity (Wildman–Crippen MR) is 69.6 cm³/mol. The number of hydrogen-bond acceptors (Lipinski definition) is 4. The van der Waals surface area contributed by atoms with Gasteiger partial charge in [0.15, 0.2) is 0 Å². The molecule has 2 heterocycles. The van der Waals surface area contributed by atoms with E-state index in [1.807, 2.05) is 6.07 Å². The minimum absolute atomic E-state index is 0.324. The van der Waals surface area contributed by atoms with E-state index in [2.05, 4.69) is 34.7 Å². The van der Waals surface area contributed by atoms with Crippen LogP contribution in [0.25, 0.3) is 0 Å². The van der Waals surface area contributed by atoms with Gasteiger partial charge in [0.2, 0.25) is 0 Å². The number of pyridine rings is 1. The van der Waals surface area contributed by atoms with Crippen molar-refractivity contribution in [2.75, 3.05) is 11.1 Å². The molecule has 0 amide bonds. The van der Waals surface area contributed by atoms with Gasteiger partial charge in [0.05, 0.1) is 23.6 Å². The van der Waals surface area contributed by atoms with Gasteiger partial charge in [0, 0.05) is 11.1 Å². The average Bonchev–Trinajstić information content (AvgIpc) is 2.81. The van der Waals surface area contributed by atoms with E-state index in [1.54, 1.807) is 23.7 Å². The maximum atomic E-state index is 5.86. The molecule has 0 fully saturated rings. The fourth-order valence-corrected chi connectivity index (χ4v) is 2.45. The Bertz CT molecular complexity index is 439. The Balaban J connectivity index is 2.17. The zero-order valence-electron chi connectivity index (χ0n) is 9.18. The van der Waals surface area contributed by atoms with Gasteiger partial charge in [0.1, 0.15) is 0 Å². The molecule has 84 valence electrons. The van der Waals surface area contributed by atoms with Crippen molar-refractivity contribution < 1.29 is 0 Å². The SMILES string of the molecule is CCC(Nc1ccncc1N)c1cccs1. The second-order valence-corrected chi connectivity index (χ2v) is 4.56. The summed E-state index contributed by atoms with van der Waals surface area (Å²) in [5.41, 5.74) is 7.50. The van der Waals surface area contributed by atoms with Gasteiger partial charge in [-0.05, 0) is 23.9 Å². The number of aromatic nitrogens is 1. The number of nitrogens with zero attached hydrogens (tertiary/aromatic N) is 1. The summed E-state index contributed by atoms with van der Waals surface area (Å²) in [5.74, 6) is 0. The molecule has 0 aromatic carbocycles. The van der Waals surface area contributed by atoms with Crippen LogP contribution in [0.3, 0.4) is 0 Å². The molecule has 0 bridgehead atoms. The van der Waals surface area contributed by atoms with Crippen LogP contribution in [0.5, 0.6) is 0 Å². The highest BCUT2D eigenvalue weighted by molar-refractivity contribution is 7.10. The standard InChI is InChI=1S/C12H15N3S/c1-2-10(12-4-3-7-16-12)15-11-5-6-14-8-9(11)13/h3-8,10H,2,13H2,1H3,(H,14,15). The fourth-order valence-electron chi connectivity index (χ4n) is 1.59. The Morgan fingerprint density at radius 3 is 3.00 bits per heavy atom. The van der Waals surface area contributed by atoms with Crippen LogP contribution in [0.1, 0.15) is 24.3 Å². The second kappa shape index (κ2) is 4.99. The molecule has 0 aliphatic heterocycles. The number of anilines is 2. The Morgan fingerprint density at radius 1 is 1.50 bits per heavy atom. The molecule has 0 saturated heterocycles. The van der Waals surface area contributed by atoms with Crippen LogP contribution in [-0.2, 0) is 0 Å². The summed E-state index contributed by atoms with van der Waals surface area (Å²) < 4.78 is 0. The number of thiophene rings is 1. The van der Waals surface area contributed by atoms with Gasteiger partial charge < -0.3 is 11.1 Å². The molecule has 2 aromatic rings. The maximum Gasteiger partial charge on any atom is 0.0736 e. The minimum atomic E-state index is 0.324. The summed E-state index contributed by atoms with van der Waals surface area (Å²) in [6.07, 6.45) is 4.45. The van der Waals surface area contributed by atoms with E-state index in [1.165, 1.54) is 4.88 Å². The number of nitrogens with one attached hydrogen (secondary N) is 1. The lowest BCUT2D eigenvalue weighted by Crippen LogP contribution is -2.09. The molecule has 4 heteroatoms. The lowest BCUT2D eigenvalue weighted by atomic mass is 10.1. The first-order chi connectivity index (χ1) is 7.81. The first-order valence-electron chi connectivity index (χ1n) is 5.30. The van der Waals surface area contributed by atoms with E-state index >= 15 is 0 Å². The Hall–Kier alpha value is -1.55. The third-order valence-corrected chi connectivity index (χ3v) is 3.46. The van der Waals surface area contributed by atoms with Crippen molar-refractivity contribution in [3.8, 4) is 0 Å². The molecule has 0 aliphatic rings. The van der Waals surface area contributed by atoms with Gasteiger partial charge in [-0.3, -0.25) is 4.98 Å². The molecule has 16 heavy (non-hydrogen) atoms. The van der Waals surface area contributed by atoms with E-state index in [9.17, 15) is 0 Å². The molecule has 2 aromatic heterocycles. The molecule has 3 nitrogen and oxygen atoms in total. The van der Waals surface area contributed by atoms with E-state index in [4.69, 9.17) is 5.73 Å². The van der Waals surface area contributed by atoms with Crippen LogP contribution in [0, 0.1) is 0 Å². The summed E-state index contributed by atoms with van der Waals surface area (Å²) in [7, 11) is 0. The molecule has 0 spiro atoms. The highest BCUT2D eigenvalue weighted by atomic mass is 32.1. The van der Waals surface area contributed by atoms with Gasteiger partial charge in [-0.15, -0.1) is 11.3 Å². The maximum absolute atomic E-state index is 5.86. The first kappa shape index (κ1) is 11.0. The van der Waals surface area contributed by atoms with Gasteiger partial charge >= 0.3 is 0 Å². The van der Waals surface area contributed by atoms with Crippen molar-refractivity contribution in [1.82, 2.24) is 4.98 Å². The lowest BCUT2D eigenvalue weighted by Gasteiger charge is -2.17. The summed E-state index contributed by atoms with van der Waals surface area (Å²) in [5, 5.41) is 5.54. The van der Waals surface area contributed by atoms with Crippen molar-refractivity contribution in [3.63, 3.8) is 0 Å². The Labute approximate surface area is 99.3 Å². The van der Waals surface area contributed by atoms with Gasteiger partial charge in [0.25, 0.3) is 0 Å². The van der Waals surface area contributed by atoms with Gasteiger partial charge in [-0.25, -0.2) is 0 Å². The normalized spacial score (nSPS) is 12.3. The van der Waals surface area contributed by atoms with Crippen molar-refractivity contribution >= 4 is 22.7 Å². The van der Waals surface area contributed by atoms with Crippen molar-refractivity contribution in [2.45, 2.75) is 19.4 Å². The van der Waals surface area contributed by atoms with Crippen LogP contribution in [0.15, 0.2) is 36.0 Å². The van der Waals surface area contributed by atoms with E-state index < -0.39 is 0 Å². The smallest absolute Gasteiger partial charge is 0.0736 e. The molecule has 0 aliphatic carbocycles. The summed E-state index contributed by atoms with van der Waals surface area (Å²) >= 11 is 1.76. The van der Waals surface area contributed by atoms with Crippen molar-refractivity contribution in [2.24, 2.45) is 0 Å². The minimum Gasteiger partial charge on any atom is -0.396 e. The quantitative estimate of drug-likeness (QED) is 0.852. The van der Waals surface area contributed by atoms with Gasteiger partial charge in [-0.1, -0.05) is 13.0 Å². The number of rotatable bonds is 4. The zero-order valence-corrected chi connectivity index (χ0v) is 10.00. The summed E-state index contributed by atoms with van der Waals surface area (Å²) in [4.78, 5) is 5.31. The Kier molecular flexibility index (Phi) is 3.41. The third kappa shape index (κ3) is 2.33. The van der Waals surface area contributed by atoms with E-state index in [0.717, 1.165) is 12.1 Å². The van der Waals surface area contributed by atoms with E-state index in [-0.39, 0.29) is 0 Å². The third-order valence-electron chi connectivity index (χ3n) is 2.48. The molecule has 1 unspecified atom stereocenters. The molecule has 0 radical (unpaired) electrons. The zero-order chi connectivity index (χ0) is 11.4. The molecule has 0 saturated carbocycles. The molecule has 2 rings (SSSR count). The van der Waals surface area contributed by atoms with Crippen LogP contribution in [-0.4, -0.2) is 4.98 Å². The second-order valence-electron chi connectivity index (χ2n) is 3.58.